The summed E-state index contributed by atoms with van der Waals surface area (Å²) in [5.41, 5.74) is 2.22. The summed E-state index contributed by atoms with van der Waals surface area (Å²) in [6.07, 6.45) is 0.829. The number of hydrogen-bond acceptors (Lipinski definition) is 7. The smallest absolute Gasteiger partial charge is 0.270 e. The van der Waals surface area contributed by atoms with E-state index in [1.807, 2.05) is 24.8 Å². The van der Waals surface area contributed by atoms with Crippen molar-refractivity contribution in [1.29, 1.82) is 0 Å². The van der Waals surface area contributed by atoms with Crippen LogP contribution in [-0.2, 0) is 11.2 Å². The number of benzene rings is 2. The number of non-ortho nitro benzene ring substituents is 1. The van der Waals surface area contributed by atoms with Crippen molar-refractivity contribution in [2.75, 3.05) is 43.1 Å². The third-order valence-corrected chi connectivity index (χ3v) is 5.33. The summed E-state index contributed by atoms with van der Waals surface area (Å²) in [5.74, 6) is 0.807. The average molecular weight is 427 g/mol. The Morgan fingerprint density at radius 2 is 2.06 bits per heavy atom. The summed E-state index contributed by atoms with van der Waals surface area (Å²) in [6.45, 7) is 6.57. The Labute approximate surface area is 180 Å². The number of rotatable bonds is 6. The van der Waals surface area contributed by atoms with Crippen LogP contribution in [0, 0.1) is 10.1 Å². The first-order valence-corrected chi connectivity index (χ1v) is 10.3. The highest BCUT2D eigenvalue weighted by Crippen LogP contribution is 2.38. The molecule has 0 spiro atoms. The molecule has 0 radical (unpaired) electrons. The molecule has 0 aromatic heterocycles. The lowest BCUT2D eigenvalue weighted by Gasteiger charge is -2.30. The van der Waals surface area contributed by atoms with Gasteiger partial charge >= 0.3 is 0 Å². The van der Waals surface area contributed by atoms with Crippen molar-refractivity contribution >= 4 is 23.0 Å². The van der Waals surface area contributed by atoms with E-state index in [0.717, 1.165) is 12.0 Å². The molecule has 0 aliphatic carbocycles. The minimum atomic E-state index is -0.504. The fraction of sp³-hybridized carbons (Fsp3) is 0.409. The summed E-state index contributed by atoms with van der Waals surface area (Å²) in [5, 5.41) is 14.2. The number of hydrogen-bond donors (Lipinski definition) is 1. The van der Waals surface area contributed by atoms with Crippen LogP contribution in [0.3, 0.4) is 0 Å². The van der Waals surface area contributed by atoms with Crippen LogP contribution in [0.5, 0.6) is 11.5 Å². The summed E-state index contributed by atoms with van der Waals surface area (Å²) in [4.78, 5) is 26.1. The Hall–Kier alpha value is -3.33. The zero-order chi connectivity index (χ0) is 22.0. The predicted molar refractivity (Wildman–Crippen MR) is 115 cm³/mol. The highest BCUT2D eigenvalue weighted by Gasteiger charge is 2.25. The van der Waals surface area contributed by atoms with E-state index < -0.39 is 10.8 Å². The molecule has 2 heterocycles. The SMILES string of the molecule is CCOc1cc2c(cc1NC(=O)c1cc([N+](=O)[O-])ccc1N1CCOCC1)O[C@H](C)C2. The Morgan fingerprint density at radius 1 is 1.29 bits per heavy atom. The maximum absolute atomic E-state index is 13.3. The van der Waals surface area contributed by atoms with Crippen LogP contribution in [0.25, 0.3) is 0 Å². The van der Waals surface area contributed by atoms with E-state index in [1.54, 1.807) is 12.1 Å². The number of morpholine rings is 1. The molecule has 2 aromatic carbocycles. The van der Waals surface area contributed by atoms with Gasteiger partial charge in [0.15, 0.2) is 0 Å². The van der Waals surface area contributed by atoms with Gasteiger partial charge in [0.2, 0.25) is 0 Å². The lowest BCUT2D eigenvalue weighted by molar-refractivity contribution is -0.384. The molecule has 1 N–H and O–H groups in total. The summed E-state index contributed by atoms with van der Waals surface area (Å²) in [7, 11) is 0. The fourth-order valence-electron chi connectivity index (χ4n) is 3.90. The van der Waals surface area contributed by atoms with Crippen LogP contribution in [0.1, 0.15) is 29.8 Å². The summed E-state index contributed by atoms with van der Waals surface area (Å²) < 4.78 is 16.9. The monoisotopic (exact) mass is 427 g/mol. The fourth-order valence-corrected chi connectivity index (χ4v) is 3.90. The molecule has 2 aliphatic rings. The molecule has 9 heteroatoms. The highest BCUT2D eigenvalue weighted by molar-refractivity contribution is 6.09. The topological polar surface area (TPSA) is 103 Å². The maximum Gasteiger partial charge on any atom is 0.270 e. The van der Waals surface area contributed by atoms with Gasteiger partial charge in [0, 0.05) is 43.3 Å². The largest absolute Gasteiger partial charge is 0.492 e. The van der Waals surface area contributed by atoms with Gasteiger partial charge in [-0.1, -0.05) is 0 Å². The van der Waals surface area contributed by atoms with Crippen LogP contribution in [-0.4, -0.2) is 49.8 Å². The zero-order valence-electron chi connectivity index (χ0n) is 17.6. The molecular weight excluding hydrogens is 402 g/mol. The van der Waals surface area contributed by atoms with E-state index in [2.05, 4.69) is 5.32 Å². The van der Waals surface area contributed by atoms with Crippen LogP contribution in [0.2, 0.25) is 0 Å². The number of ether oxygens (including phenoxy) is 3. The number of carbonyl (C=O) groups excluding carboxylic acids is 1. The molecule has 1 atom stereocenters. The number of nitrogens with zero attached hydrogens (tertiary/aromatic N) is 2. The number of fused-ring (bicyclic) bond motifs is 1. The van der Waals surface area contributed by atoms with Gasteiger partial charge in [-0.25, -0.2) is 0 Å². The van der Waals surface area contributed by atoms with Crippen LogP contribution in [0.4, 0.5) is 17.1 Å². The van der Waals surface area contributed by atoms with Crippen LogP contribution in [0.15, 0.2) is 30.3 Å². The zero-order valence-corrected chi connectivity index (χ0v) is 17.6. The molecule has 0 unspecified atom stereocenters. The standard InChI is InChI=1S/C22H25N3O6/c1-3-30-21-11-15-10-14(2)31-20(15)13-18(21)23-22(26)17-12-16(25(27)28)4-5-19(17)24-6-8-29-9-7-24/h4-5,11-14H,3,6-10H2,1-2H3,(H,23,26)/t14-/m1/s1. The number of anilines is 2. The second kappa shape index (κ2) is 8.81. The lowest BCUT2D eigenvalue weighted by Crippen LogP contribution is -2.37. The van der Waals surface area contributed by atoms with E-state index in [1.165, 1.54) is 12.1 Å². The molecule has 0 bridgehead atoms. The molecule has 31 heavy (non-hydrogen) atoms. The number of amides is 1. The molecule has 1 fully saturated rings. The van der Waals surface area contributed by atoms with Crippen molar-refractivity contribution in [3.8, 4) is 11.5 Å². The van der Waals surface area contributed by atoms with E-state index in [0.29, 0.717) is 55.8 Å². The van der Waals surface area contributed by atoms with Gasteiger partial charge in [-0.05, 0) is 26.0 Å². The first kappa shape index (κ1) is 20.9. The van der Waals surface area contributed by atoms with Crippen molar-refractivity contribution in [2.45, 2.75) is 26.4 Å². The van der Waals surface area contributed by atoms with Gasteiger partial charge in [0.05, 0.1) is 41.7 Å². The second-order valence-electron chi connectivity index (χ2n) is 7.53. The predicted octanol–water partition coefficient (Wildman–Crippen LogP) is 3.41. The Morgan fingerprint density at radius 3 is 2.77 bits per heavy atom. The van der Waals surface area contributed by atoms with Crippen LogP contribution >= 0.6 is 0 Å². The maximum atomic E-state index is 13.3. The molecule has 9 nitrogen and oxygen atoms in total. The minimum Gasteiger partial charge on any atom is -0.492 e. The van der Waals surface area contributed by atoms with Gasteiger partial charge in [0.25, 0.3) is 11.6 Å². The molecule has 2 aromatic rings. The first-order valence-electron chi connectivity index (χ1n) is 10.3. The van der Waals surface area contributed by atoms with Gasteiger partial charge in [-0.2, -0.15) is 0 Å². The van der Waals surface area contributed by atoms with Gasteiger partial charge in [0.1, 0.15) is 17.6 Å². The highest BCUT2D eigenvalue weighted by atomic mass is 16.6. The molecule has 1 amide bonds. The summed E-state index contributed by atoms with van der Waals surface area (Å²) >= 11 is 0. The van der Waals surface area contributed by atoms with Crippen molar-refractivity contribution in [1.82, 2.24) is 0 Å². The first-order chi connectivity index (χ1) is 15.0. The van der Waals surface area contributed by atoms with Crippen LogP contribution < -0.4 is 19.7 Å². The van der Waals surface area contributed by atoms with E-state index in [4.69, 9.17) is 14.2 Å². The van der Waals surface area contributed by atoms with Gasteiger partial charge in [-0.3, -0.25) is 14.9 Å². The van der Waals surface area contributed by atoms with Gasteiger partial charge in [-0.15, -0.1) is 0 Å². The van der Waals surface area contributed by atoms with E-state index in [9.17, 15) is 14.9 Å². The van der Waals surface area contributed by atoms with E-state index in [-0.39, 0.29) is 17.4 Å². The normalized spacial score (nSPS) is 17.6. The average Bonchev–Trinajstić information content (AvgIpc) is 3.13. The third kappa shape index (κ3) is 4.41. The van der Waals surface area contributed by atoms with Crippen molar-refractivity contribution in [2.24, 2.45) is 0 Å². The lowest BCUT2D eigenvalue weighted by atomic mass is 10.1. The number of nitrogens with one attached hydrogen (secondary N) is 1. The minimum absolute atomic E-state index is 0.0557. The van der Waals surface area contributed by atoms with Crippen molar-refractivity contribution in [3.63, 3.8) is 0 Å². The molecular formula is C22H25N3O6. The Balaban J connectivity index is 1.69. The Bertz CT molecular complexity index is 1000. The third-order valence-electron chi connectivity index (χ3n) is 5.33. The summed E-state index contributed by atoms with van der Waals surface area (Å²) in [6, 6.07) is 7.99. The Kier molecular flexibility index (Phi) is 5.94. The molecule has 4 rings (SSSR count). The number of nitro benzene ring substituents is 1. The van der Waals surface area contributed by atoms with Crippen molar-refractivity contribution in [3.05, 3.63) is 51.6 Å². The quantitative estimate of drug-likeness (QED) is 0.557. The molecule has 1 saturated heterocycles. The number of carbonyl (C=O) groups is 1. The van der Waals surface area contributed by atoms with E-state index >= 15 is 0 Å². The second-order valence-corrected chi connectivity index (χ2v) is 7.53. The molecule has 0 saturated carbocycles. The van der Waals surface area contributed by atoms with Gasteiger partial charge < -0.3 is 24.4 Å². The van der Waals surface area contributed by atoms with Crippen molar-refractivity contribution < 1.29 is 23.9 Å². The molecule has 164 valence electrons. The molecule has 2 aliphatic heterocycles. The number of nitro groups is 1.